The van der Waals surface area contributed by atoms with E-state index in [4.69, 9.17) is 0 Å². The highest BCUT2D eigenvalue weighted by molar-refractivity contribution is 7.15. The van der Waals surface area contributed by atoms with E-state index < -0.39 is 0 Å². The van der Waals surface area contributed by atoms with Crippen LogP contribution < -0.4 is 5.32 Å². The minimum atomic E-state index is -0.225. The van der Waals surface area contributed by atoms with E-state index in [0.717, 1.165) is 29.1 Å². The monoisotopic (exact) mass is 392 g/mol. The molecule has 0 radical (unpaired) electrons. The van der Waals surface area contributed by atoms with Gasteiger partial charge in [-0.3, -0.25) is 14.9 Å². The Kier molecular flexibility index (Phi) is 5.43. The zero-order valence-corrected chi connectivity index (χ0v) is 16.1. The molecule has 7 heteroatoms. The molecule has 1 aliphatic rings. The highest BCUT2D eigenvalue weighted by atomic mass is 32.1. The maximum absolute atomic E-state index is 12.6. The number of carbonyl (C=O) groups is 2. The van der Waals surface area contributed by atoms with Gasteiger partial charge in [-0.25, -0.2) is 0 Å². The van der Waals surface area contributed by atoms with Crippen molar-refractivity contribution in [1.82, 2.24) is 15.1 Å². The number of carbonyl (C=O) groups excluding carboxylic acids is 2. The van der Waals surface area contributed by atoms with Crippen molar-refractivity contribution in [3.63, 3.8) is 0 Å². The van der Waals surface area contributed by atoms with E-state index in [2.05, 4.69) is 15.5 Å². The summed E-state index contributed by atoms with van der Waals surface area (Å²) >= 11 is 1.37. The summed E-state index contributed by atoms with van der Waals surface area (Å²) in [5, 5.41) is 12.4. The Labute approximate surface area is 167 Å². The van der Waals surface area contributed by atoms with Crippen LogP contribution in [0.2, 0.25) is 0 Å². The standard InChI is InChI=1S/C21H20N4O2S/c26-19-10-5-11-25(19)14-16-8-4-9-17(12-16)20(27)22-21-24-23-18(28-21)13-15-6-2-1-3-7-15/h1-4,6-9,12H,5,10-11,13-14H2,(H,22,24,27). The lowest BCUT2D eigenvalue weighted by Gasteiger charge is -2.15. The van der Waals surface area contributed by atoms with Gasteiger partial charge >= 0.3 is 0 Å². The molecule has 2 heterocycles. The summed E-state index contributed by atoms with van der Waals surface area (Å²) in [7, 11) is 0. The van der Waals surface area contributed by atoms with E-state index in [0.29, 0.717) is 30.1 Å². The first-order valence-corrected chi connectivity index (χ1v) is 10.0. The number of nitrogens with zero attached hydrogens (tertiary/aromatic N) is 3. The number of amides is 2. The molecule has 0 spiro atoms. The number of likely N-dealkylation sites (tertiary alicyclic amines) is 1. The first-order valence-electron chi connectivity index (χ1n) is 9.22. The lowest BCUT2D eigenvalue weighted by Crippen LogP contribution is -2.24. The van der Waals surface area contributed by atoms with Gasteiger partial charge in [0.2, 0.25) is 11.0 Å². The van der Waals surface area contributed by atoms with Crippen LogP contribution in [0.4, 0.5) is 5.13 Å². The average Bonchev–Trinajstić information content (AvgIpc) is 3.32. The molecule has 1 N–H and O–H groups in total. The SMILES string of the molecule is O=C(Nc1nnc(Cc2ccccc2)s1)c1cccc(CN2CCCC2=O)c1. The number of rotatable bonds is 6. The molecule has 6 nitrogen and oxygen atoms in total. The molecule has 0 aliphatic carbocycles. The van der Waals surface area contributed by atoms with Gasteiger partial charge in [0.25, 0.3) is 5.91 Å². The van der Waals surface area contributed by atoms with Crippen LogP contribution >= 0.6 is 11.3 Å². The van der Waals surface area contributed by atoms with Gasteiger partial charge in [-0.2, -0.15) is 0 Å². The van der Waals surface area contributed by atoms with Crippen molar-refractivity contribution < 1.29 is 9.59 Å². The molecule has 0 bridgehead atoms. The highest BCUT2D eigenvalue weighted by Crippen LogP contribution is 2.20. The number of nitrogens with one attached hydrogen (secondary N) is 1. The molecule has 28 heavy (non-hydrogen) atoms. The van der Waals surface area contributed by atoms with E-state index in [1.165, 1.54) is 11.3 Å². The van der Waals surface area contributed by atoms with Crippen molar-refractivity contribution in [3.05, 3.63) is 76.3 Å². The van der Waals surface area contributed by atoms with E-state index in [9.17, 15) is 9.59 Å². The largest absolute Gasteiger partial charge is 0.338 e. The van der Waals surface area contributed by atoms with Crippen molar-refractivity contribution in [2.24, 2.45) is 0 Å². The summed E-state index contributed by atoms with van der Waals surface area (Å²) < 4.78 is 0. The van der Waals surface area contributed by atoms with Crippen LogP contribution in [0.3, 0.4) is 0 Å². The first kappa shape index (κ1) is 18.3. The fourth-order valence-corrected chi connectivity index (χ4v) is 3.99. The third-order valence-electron chi connectivity index (χ3n) is 4.62. The van der Waals surface area contributed by atoms with Crippen LogP contribution in [-0.2, 0) is 17.8 Å². The van der Waals surface area contributed by atoms with E-state index in [1.54, 1.807) is 6.07 Å². The molecule has 2 amide bonds. The summed E-state index contributed by atoms with van der Waals surface area (Å²) in [4.78, 5) is 26.2. The minimum absolute atomic E-state index is 0.176. The van der Waals surface area contributed by atoms with Gasteiger partial charge in [0.15, 0.2) is 0 Å². The number of aromatic nitrogens is 2. The molecular formula is C21H20N4O2S. The zero-order chi connectivity index (χ0) is 19.3. The van der Waals surface area contributed by atoms with E-state index in [1.807, 2.05) is 53.4 Å². The predicted molar refractivity (Wildman–Crippen MR) is 108 cm³/mol. The van der Waals surface area contributed by atoms with Crippen molar-refractivity contribution in [2.75, 3.05) is 11.9 Å². The van der Waals surface area contributed by atoms with Crippen LogP contribution in [-0.4, -0.2) is 33.5 Å². The van der Waals surface area contributed by atoms with Gasteiger partial charge in [0.05, 0.1) is 0 Å². The minimum Gasteiger partial charge on any atom is -0.338 e. The Morgan fingerprint density at radius 3 is 2.68 bits per heavy atom. The second-order valence-corrected chi connectivity index (χ2v) is 7.80. The molecule has 2 aromatic carbocycles. The zero-order valence-electron chi connectivity index (χ0n) is 15.3. The maximum atomic E-state index is 12.6. The highest BCUT2D eigenvalue weighted by Gasteiger charge is 2.20. The lowest BCUT2D eigenvalue weighted by atomic mass is 10.1. The lowest BCUT2D eigenvalue weighted by molar-refractivity contribution is -0.128. The van der Waals surface area contributed by atoms with Gasteiger partial charge in [-0.15, -0.1) is 10.2 Å². The van der Waals surface area contributed by atoms with Crippen LogP contribution in [0.5, 0.6) is 0 Å². The van der Waals surface area contributed by atoms with Crippen LogP contribution in [0.25, 0.3) is 0 Å². The molecule has 0 atom stereocenters. The predicted octanol–water partition coefficient (Wildman–Crippen LogP) is 3.50. The molecule has 3 aromatic rings. The second-order valence-electron chi connectivity index (χ2n) is 6.74. The molecule has 1 aromatic heterocycles. The average molecular weight is 392 g/mol. The molecular weight excluding hydrogens is 372 g/mol. The van der Waals surface area contributed by atoms with Gasteiger partial charge in [0.1, 0.15) is 5.01 Å². The Bertz CT molecular complexity index is 987. The number of hydrogen-bond acceptors (Lipinski definition) is 5. The first-order chi connectivity index (χ1) is 13.7. The van der Waals surface area contributed by atoms with Crippen LogP contribution in [0.15, 0.2) is 54.6 Å². The van der Waals surface area contributed by atoms with Gasteiger partial charge < -0.3 is 4.90 Å². The van der Waals surface area contributed by atoms with Gasteiger partial charge in [-0.1, -0.05) is 53.8 Å². The normalized spacial score (nSPS) is 13.7. The molecule has 0 saturated carbocycles. The second kappa shape index (κ2) is 8.31. The van der Waals surface area contributed by atoms with Crippen LogP contribution in [0, 0.1) is 0 Å². The molecule has 1 fully saturated rings. The molecule has 1 aliphatic heterocycles. The summed E-state index contributed by atoms with van der Waals surface area (Å²) in [6.07, 6.45) is 2.21. The summed E-state index contributed by atoms with van der Waals surface area (Å²) in [5.41, 5.74) is 2.65. The third-order valence-corrected chi connectivity index (χ3v) is 5.46. The molecule has 142 valence electrons. The van der Waals surface area contributed by atoms with Crippen molar-refractivity contribution >= 4 is 28.3 Å². The summed E-state index contributed by atoms with van der Waals surface area (Å²) in [6, 6.07) is 17.4. The third kappa shape index (κ3) is 4.43. The van der Waals surface area contributed by atoms with Gasteiger partial charge in [-0.05, 0) is 29.7 Å². The van der Waals surface area contributed by atoms with Crippen LogP contribution in [0.1, 0.15) is 39.3 Å². The number of anilines is 1. The Morgan fingerprint density at radius 1 is 1.07 bits per heavy atom. The fraction of sp³-hybridized carbons (Fsp3) is 0.238. The summed E-state index contributed by atoms with van der Waals surface area (Å²) in [5.74, 6) is -0.0494. The number of benzene rings is 2. The topological polar surface area (TPSA) is 75.2 Å². The van der Waals surface area contributed by atoms with Crippen molar-refractivity contribution in [1.29, 1.82) is 0 Å². The maximum Gasteiger partial charge on any atom is 0.257 e. The van der Waals surface area contributed by atoms with Crippen molar-refractivity contribution in [2.45, 2.75) is 25.8 Å². The number of hydrogen-bond donors (Lipinski definition) is 1. The Balaban J connectivity index is 1.40. The van der Waals surface area contributed by atoms with E-state index in [-0.39, 0.29) is 11.8 Å². The van der Waals surface area contributed by atoms with E-state index >= 15 is 0 Å². The quantitative estimate of drug-likeness (QED) is 0.697. The van der Waals surface area contributed by atoms with Gasteiger partial charge in [0, 0.05) is 31.5 Å². The summed E-state index contributed by atoms with van der Waals surface area (Å²) in [6.45, 7) is 1.32. The Hall–Kier alpha value is -3.06. The smallest absolute Gasteiger partial charge is 0.257 e. The fourth-order valence-electron chi connectivity index (χ4n) is 3.22. The molecule has 4 rings (SSSR count). The Morgan fingerprint density at radius 2 is 1.89 bits per heavy atom. The molecule has 1 saturated heterocycles. The molecule has 0 unspecified atom stereocenters. The van der Waals surface area contributed by atoms with Crippen molar-refractivity contribution in [3.8, 4) is 0 Å².